The largest absolute Gasteiger partial charge is 0.335 e. The molecule has 1 aliphatic rings. The Hall–Kier alpha value is -3.15. The molecular formula is C24H29N3O3. The molecule has 2 aromatic rings. The fourth-order valence-electron chi connectivity index (χ4n) is 3.63. The summed E-state index contributed by atoms with van der Waals surface area (Å²) in [5.41, 5.74) is 3.69. The SMILES string of the molecule is CC(c1ccccc1)N1CC(C(=O)NN(C(=O)c2ccccc2)C(C)(C)C)CC1=O. The van der Waals surface area contributed by atoms with Crippen LogP contribution in [0.25, 0.3) is 0 Å². The number of hydrogen-bond acceptors (Lipinski definition) is 3. The number of carbonyl (C=O) groups is 3. The van der Waals surface area contributed by atoms with Crippen LogP contribution in [0, 0.1) is 5.92 Å². The van der Waals surface area contributed by atoms with Gasteiger partial charge in [-0.15, -0.1) is 0 Å². The van der Waals surface area contributed by atoms with Crippen LogP contribution >= 0.6 is 0 Å². The zero-order chi connectivity index (χ0) is 21.9. The molecule has 158 valence electrons. The lowest BCUT2D eigenvalue weighted by Crippen LogP contribution is -2.57. The molecule has 0 saturated carbocycles. The monoisotopic (exact) mass is 407 g/mol. The summed E-state index contributed by atoms with van der Waals surface area (Å²) in [6.45, 7) is 7.87. The highest BCUT2D eigenvalue weighted by molar-refractivity contribution is 5.97. The Balaban J connectivity index is 1.72. The van der Waals surface area contributed by atoms with Gasteiger partial charge in [0.15, 0.2) is 0 Å². The van der Waals surface area contributed by atoms with Gasteiger partial charge in [0, 0.05) is 18.5 Å². The average Bonchev–Trinajstić information content (AvgIpc) is 3.13. The molecule has 3 rings (SSSR count). The van der Waals surface area contributed by atoms with Crippen molar-refractivity contribution in [3.8, 4) is 0 Å². The predicted molar refractivity (Wildman–Crippen MR) is 115 cm³/mol. The van der Waals surface area contributed by atoms with Gasteiger partial charge < -0.3 is 4.90 Å². The van der Waals surface area contributed by atoms with Crippen molar-refractivity contribution in [2.24, 2.45) is 5.92 Å². The van der Waals surface area contributed by atoms with E-state index in [-0.39, 0.29) is 30.2 Å². The van der Waals surface area contributed by atoms with Gasteiger partial charge in [-0.05, 0) is 45.4 Å². The number of rotatable bonds is 4. The van der Waals surface area contributed by atoms with Gasteiger partial charge in [0.25, 0.3) is 5.91 Å². The molecule has 0 aliphatic carbocycles. The van der Waals surface area contributed by atoms with Gasteiger partial charge in [0.2, 0.25) is 11.8 Å². The first-order valence-electron chi connectivity index (χ1n) is 10.2. The summed E-state index contributed by atoms with van der Waals surface area (Å²) in [5.74, 6) is -1.15. The Morgan fingerprint density at radius 3 is 2.17 bits per heavy atom. The second-order valence-electron chi connectivity index (χ2n) is 8.69. The molecular weight excluding hydrogens is 378 g/mol. The van der Waals surface area contributed by atoms with Crippen LogP contribution in [0.4, 0.5) is 0 Å². The molecule has 1 saturated heterocycles. The Morgan fingerprint density at radius 2 is 1.60 bits per heavy atom. The van der Waals surface area contributed by atoms with E-state index in [2.05, 4.69) is 5.43 Å². The smallest absolute Gasteiger partial charge is 0.272 e. The highest BCUT2D eigenvalue weighted by Crippen LogP contribution is 2.29. The van der Waals surface area contributed by atoms with Gasteiger partial charge in [-0.1, -0.05) is 48.5 Å². The number of nitrogens with one attached hydrogen (secondary N) is 1. The first-order chi connectivity index (χ1) is 14.2. The molecule has 3 amide bonds. The number of nitrogens with zero attached hydrogens (tertiary/aromatic N) is 2. The summed E-state index contributed by atoms with van der Waals surface area (Å²) in [5, 5.41) is 1.36. The lowest BCUT2D eigenvalue weighted by molar-refractivity contribution is -0.132. The quantitative estimate of drug-likeness (QED) is 0.788. The third-order valence-corrected chi connectivity index (χ3v) is 5.40. The maximum absolute atomic E-state index is 13.0. The van der Waals surface area contributed by atoms with Gasteiger partial charge in [-0.2, -0.15) is 0 Å². The zero-order valence-corrected chi connectivity index (χ0v) is 18.0. The van der Waals surface area contributed by atoms with Gasteiger partial charge in [0.1, 0.15) is 0 Å². The second-order valence-corrected chi connectivity index (χ2v) is 8.69. The molecule has 0 aromatic heterocycles. The Bertz CT molecular complexity index is 906. The molecule has 1 fully saturated rings. The predicted octanol–water partition coefficient (Wildman–Crippen LogP) is 3.57. The van der Waals surface area contributed by atoms with E-state index in [1.54, 1.807) is 29.2 Å². The van der Waals surface area contributed by atoms with Crippen LogP contribution in [0.5, 0.6) is 0 Å². The van der Waals surface area contributed by atoms with Gasteiger partial charge >= 0.3 is 0 Å². The van der Waals surface area contributed by atoms with Crippen LogP contribution in [-0.2, 0) is 9.59 Å². The third-order valence-electron chi connectivity index (χ3n) is 5.40. The van der Waals surface area contributed by atoms with E-state index >= 15 is 0 Å². The standard InChI is InChI=1S/C24H29N3O3/c1-17(18-11-7-5-8-12-18)26-16-20(15-21(26)28)22(29)25-27(24(2,3)4)23(30)19-13-9-6-10-14-19/h5-14,17,20H,15-16H2,1-4H3,(H,25,29). The zero-order valence-electron chi connectivity index (χ0n) is 18.0. The van der Waals surface area contributed by atoms with E-state index in [4.69, 9.17) is 0 Å². The topological polar surface area (TPSA) is 69.7 Å². The fraction of sp³-hybridized carbons (Fsp3) is 0.375. The average molecular weight is 408 g/mol. The molecule has 1 N–H and O–H groups in total. The van der Waals surface area contributed by atoms with Crippen molar-refractivity contribution < 1.29 is 14.4 Å². The second kappa shape index (κ2) is 8.69. The summed E-state index contributed by atoms with van der Waals surface area (Å²) in [4.78, 5) is 40.3. The summed E-state index contributed by atoms with van der Waals surface area (Å²) in [7, 11) is 0. The number of amides is 3. The highest BCUT2D eigenvalue weighted by Gasteiger charge is 2.39. The first-order valence-corrected chi connectivity index (χ1v) is 10.2. The van der Waals surface area contributed by atoms with E-state index in [1.165, 1.54) is 5.01 Å². The molecule has 0 spiro atoms. The van der Waals surface area contributed by atoms with E-state index in [0.717, 1.165) is 5.56 Å². The van der Waals surface area contributed by atoms with E-state index in [9.17, 15) is 14.4 Å². The lowest BCUT2D eigenvalue weighted by atomic mass is 10.1. The summed E-state index contributed by atoms with van der Waals surface area (Å²) in [6, 6.07) is 18.5. The Morgan fingerprint density at radius 1 is 1.03 bits per heavy atom. The normalized spacial score (nSPS) is 17.5. The summed E-state index contributed by atoms with van der Waals surface area (Å²) in [6.07, 6.45) is 0.139. The fourth-order valence-corrected chi connectivity index (χ4v) is 3.63. The maximum Gasteiger partial charge on any atom is 0.272 e. The van der Waals surface area contributed by atoms with Crippen molar-refractivity contribution in [2.75, 3.05) is 6.54 Å². The minimum atomic E-state index is -0.623. The summed E-state index contributed by atoms with van der Waals surface area (Å²) >= 11 is 0. The van der Waals surface area contributed by atoms with E-state index in [0.29, 0.717) is 12.1 Å². The van der Waals surface area contributed by atoms with Crippen LogP contribution in [0.2, 0.25) is 0 Å². The minimum absolute atomic E-state index is 0.0526. The maximum atomic E-state index is 13.0. The molecule has 6 nitrogen and oxygen atoms in total. The van der Waals surface area contributed by atoms with Crippen molar-refractivity contribution in [3.05, 3.63) is 71.8 Å². The number of hydrazine groups is 1. The highest BCUT2D eigenvalue weighted by atomic mass is 16.2. The molecule has 2 unspecified atom stereocenters. The van der Waals surface area contributed by atoms with Crippen LogP contribution in [0.3, 0.4) is 0 Å². The van der Waals surface area contributed by atoms with Crippen LogP contribution < -0.4 is 5.43 Å². The van der Waals surface area contributed by atoms with Crippen molar-refractivity contribution in [3.63, 3.8) is 0 Å². The molecule has 30 heavy (non-hydrogen) atoms. The third kappa shape index (κ3) is 4.70. The summed E-state index contributed by atoms with van der Waals surface area (Å²) < 4.78 is 0. The number of carbonyl (C=O) groups excluding carboxylic acids is 3. The van der Waals surface area contributed by atoms with E-state index < -0.39 is 11.5 Å². The van der Waals surface area contributed by atoms with E-state index in [1.807, 2.05) is 64.1 Å². The number of benzene rings is 2. The first kappa shape index (κ1) is 21.6. The molecule has 6 heteroatoms. The molecule has 0 radical (unpaired) electrons. The number of likely N-dealkylation sites (tertiary alicyclic amines) is 1. The molecule has 2 aromatic carbocycles. The molecule has 2 atom stereocenters. The van der Waals surface area contributed by atoms with Gasteiger partial charge in [-0.3, -0.25) is 19.8 Å². The van der Waals surface area contributed by atoms with Gasteiger partial charge in [-0.25, -0.2) is 5.01 Å². The van der Waals surface area contributed by atoms with Crippen molar-refractivity contribution in [2.45, 2.75) is 45.7 Å². The van der Waals surface area contributed by atoms with Gasteiger partial charge in [0.05, 0.1) is 17.5 Å². The lowest BCUT2D eigenvalue weighted by Gasteiger charge is -2.36. The molecule has 1 aliphatic heterocycles. The molecule has 0 bridgehead atoms. The van der Waals surface area contributed by atoms with Crippen molar-refractivity contribution >= 4 is 17.7 Å². The minimum Gasteiger partial charge on any atom is -0.335 e. The number of hydrogen-bond donors (Lipinski definition) is 1. The molecule has 1 heterocycles. The Kier molecular flexibility index (Phi) is 6.25. The van der Waals surface area contributed by atoms with Crippen LogP contribution in [0.15, 0.2) is 60.7 Å². The van der Waals surface area contributed by atoms with Crippen LogP contribution in [0.1, 0.15) is 56.1 Å². The van der Waals surface area contributed by atoms with Crippen molar-refractivity contribution in [1.29, 1.82) is 0 Å². The van der Waals surface area contributed by atoms with Crippen LogP contribution in [-0.4, -0.2) is 39.7 Å². The Labute approximate surface area is 177 Å². The van der Waals surface area contributed by atoms with Crippen molar-refractivity contribution in [1.82, 2.24) is 15.3 Å².